The Morgan fingerprint density at radius 2 is 1.17 bits per heavy atom. The Balaban J connectivity index is 1.44. The van der Waals surface area contributed by atoms with E-state index in [9.17, 15) is 0 Å². The molecule has 0 bridgehead atoms. The first-order valence-electron chi connectivity index (χ1n) is 16.0. The van der Waals surface area contributed by atoms with Crippen molar-refractivity contribution in [1.29, 1.82) is 0 Å². The van der Waals surface area contributed by atoms with Gasteiger partial charge in [0, 0.05) is 38.3 Å². The minimum atomic E-state index is -0.268. The molecule has 0 radical (unpaired) electrons. The van der Waals surface area contributed by atoms with E-state index in [4.69, 9.17) is 19.4 Å². The van der Waals surface area contributed by atoms with Gasteiger partial charge in [-0.15, -0.1) is 0 Å². The number of furan rings is 1. The van der Waals surface area contributed by atoms with Crippen molar-refractivity contribution in [2.45, 2.75) is 19.3 Å². The van der Waals surface area contributed by atoms with Crippen LogP contribution in [0.2, 0.25) is 0 Å². The number of rotatable bonds is 3. The molecule has 9 aromatic rings. The van der Waals surface area contributed by atoms with Crippen LogP contribution in [0.1, 0.15) is 25.0 Å². The number of hydrogen-bond donors (Lipinski definition) is 0. The lowest BCUT2D eigenvalue weighted by Crippen LogP contribution is -2.15. The summed E-state index contributed by atoms with van der Waals surface area (Å²) in [5.41, 5.74) is 10.5. The minimum absolute atomic E-state index is 0.268. The highest BCUT2D eigenvalue weighted by Gasteiger charge is 2.41. The maximum atomic E-state index is 6.86. The number of nitrogens with zero attached hydrogens (tertiary/aromatic N) is 4. The molecule has 47 heavy (non-hydrogen) atoms. The van der Waals surface area contributed by atoms with Crippen molar-refractivity contribution in [2.75, 3.05) is 0 Å². The molecule has 0 amide bonds. The summed E-state index contributed by atoms with van der Waals surface area (Å²) in [6.07, 6.45) is 0. The molecule has 10 rings (SSSR count). The van der Waals surface area contributed by atoms with Gasteiger partial charge in [-0.1, -0.05) is 135 Å². The molecule has 0 unspecified atom stereocenters. The number of benzene rings is 6. The van der Waals surface area contributed by atoms with E-state index in [1.165, 1.54) is 27.6 Å². The number of hydrogen-bond acceptors (Lipinski definition) is 4. The standard InChI is InChI=1S/C42H28N4O/c1-42(2)30-22-12-9-19-27(30)33-36(42)34-29-21-11-14-24-32(29)47-38(34)35-28-20-10-13-23-31(28)46(37(33)35)41-44-39(25-15-5-3-6-16-25)43-40(45-41)26-17-7-4-8-18-26/h3-24H,1-2H3. The second kappa shape index (κ2) is 9.47. The van der Waals surface area contributed by atoms with Gasteiger partial charge in [0.1, 0.15) is 11.2 Å². The quantitative estimate of drug-likeness (QED) is 0.201. The zero-order chi connectivity index (χ0) is 31.3. The van der Waals surface area contributed by atoms with Gasteiger partial charge in [0.2, 0.25) is 5.95 Å². The number of aromatic nitrogens is 4. The van der Waals surface area contributed by atoms with Crippen LogP contribution >= 0.6 is 0 Å². The van der Waals surface area contributed by atoms with E-state index in [2.05, 4.69) is 85.1 Å². The van der Waals surface area contributed by atoms with E-state index < -0.39 is 0 Å². The molecule has 1 aliphatic carbocycles. The molecule has 5 nitrogen and oxygen atoms in total. The normalized spacial score (nSPS) is 13.5. The van der Waals surface area contributed by atoms with Gasteiger partial charge in [0.05, 0.1) is 16.4 Å². The van der Waals surface area contributed by atoms with Crippen LogP contribution < -0.4 is 0 Å². The zero-order valence-electron chi connectivity index (χ0n) is 25.9. The van der Waals surface area contributed by atoms with Crippen LogP contribution in [-0.4, -0.2) is 19.5 Å². The molecule has 0 spiro atoms. The maximum Gasteiger partial charge on any atom is 0.238 e. The summed E-state index contributed by atoms with van der Waals surface area (Å²) in [5, 5.41) is 4.48. The second-order valence-electron chi connectivity index (χ2n) is 12.8. The Kier molecular flexibility index (Phi) is 5.28. The predicted molar refractivity (Wildman–Crippen MR) is 190 cm³/mol. The molecule has 0 aliphatic heterocycles. The molecule has 0 N–H and O–H groups in total. The average Bonchev–Trinajstić information content (AvgIpc) is 3.75. The van der Waals surface area contributed by atoms with Crippen LogP contribution in [0.5, 0.6) is 0 Å². The fourth-order valence-corrected chi connectivity index (χ4v) is 7.79. The van der Waals surface area contributed by atoms with Crippen LogP contribution in [-0.2, 0) is 5.41 Å². The third kappa shape index (κ3) is 3.57. The van der Waals surface area contributed by atoms with Crippen molar-refractivity contribution < 1.29 is 4.42 Å². The first-order chi connectivity index (χ1) is 23.1. The second-order valence-corrected chi connectivity index (χ2v) is 12.8. The molecule has 3 heterocycles. The average molecular weight is 605 g/mol. The lowest BCUT2D eigenvalue weighted by Gasteiger charge is -2.22. The maximum absolute atomic E-state index is 6.86. The van der Waals surface area contributed by atoms with Gasteiger partial charge in [-0.25, -0.2) is 4.98 Å². The Hall–Kier alpha value is -6.07. The zero-order valence-corrected chi connectivity index (χ0v) is 25.9. The van der Waals surface area contributed by atoms with E-state index in [1.54, 1.807) is 0 Å². The molecule has 0 atom stereocenters. The molecule has 6 aromatic carbocycles. The third-order valence-corrected chi connectivity index (χ3v) is 9.82. The summed E-state index contributed by atoms with van der Waals surface area (Å²) in [5.74, 6) is 1.83. The molecule has 3 aromatic heterocycles. The van der Waals surface area contributed by atoms with Crippen molar-refractivity contribution in [1.82, 2.24) is 19.5 Å². The Morgan fingerprint density at radius 1 is 0.574 bits per heavy atom. The predicted octanol–water partition coefficient (Wildman–Crippen LogP) is 10.5. The highest BCUT2D eigenvalue weighted by Crippen LogP contribution is 2.57. The summed E-state index contributed by atoms with van der Waals surface area (Å²) in [4.78, 5) is 15.4. The fraction of sp³-hybridized carbons (Fsp3) is 0.0714. The summed E-state index contributed by atoms with van der Waals surface area (Å²) in [6, 6.07) is 46.1. The molecule has 0 fully saturated rings. The SMILES string of the molecule is CC1(C)c2ccccc2-c2c1c1c3ccccc3oc1c1c3ccccc3n(-c3nc(-c4ccccc4)nc(-c4ccccc4)n3)c21. The van der Waals surface area contributed by atoms with Gasteiger partial charge in [0.15, 0.2) is 11.6 Å². The summed E-state index contributed by atoms with van der Waals surface area (Å²) in [7, 11) is 0. The van der Waals surface area contributed by atoms with Gasteiger partial charge >= 0.3 is 0 Å². The first-order valence-corrected chi connectivity index (χ1v) is 16.0. The lowest BCUT2D eigenvalue weighted by molar-refractivity contribution is 0.659. The number of fused-ring (bicyclic) bond motifs is 12. The van der Waals surface area contributed by atoms with E-state index in [-0.39, 0.29) is 5.41 Å². The largest absolute Gasteiger partial charge is 0.455 e. The molecular weight excluding hydrogens is 576 g/mol. The highest BCUT2D eigenvalue weighted by atomic mass is 16.3. The van der Waals surface area contributed by atoms with Crippen LogP contribution in [0.25, 0.3) is 83.6 Å². The molecular formula is C42H28N4O. The first kappa shape index (κ1) is 26.2. The topological polar surface area (TPSA) is 56.7 Å². The molecule has 0 saturated carbocycles. The summed E-state index contributed by atoms with van der Waals surface area (Å²) >= 11 is 0. The van der Waals surface area contributed by atoms with Crippen molar-refractivity contribution in [3.63, 3.8) is 0 Å². The van der Waals surface area contributed by atoms with E-state index >= 15 is 0 Å². The molecule has 5 heteroatoms. The van der Waals surface area contributed by atoms with Gasteiger partial charge in [-0.05, 0) is 28.8 Å². The molecule has 222 valence electrons. The smallest absolute Gasteiger partial charge is 0.238 e. The van der Waals surface area contributed by atoms with Crippen LogP contribution in [0, 0.1) is 0 Å². The molecule has 0 saturated heterocycles. The van der Waals surface area contributed by atoms with Gasteiger partial charge in [-0.3, -0.25) is 4.57 Å². The highest BCUT2D eigenvalue weighted by molar-refractivity contribution is 6.29. The van der Waals surface area contributed by atoms with E-state index in [0.717, 1.165) is 49.5 Å². The van der Waals surface area contributed by atoms with Crippen LogP contribution in [0.3, 0.4) is 0 Å². The number of para-hydroxylation sites is 2. The Labute approximate surface area is 270 Å². The van der Waals surface area contributed by atoms with E-state index in [1.807, 2.05) is 66.7 Å². The summed E-state index contributed by atoms with van der Waals surface area (Å²) in [6.45, 7) is 4.67. The van der Waals surface area contributed by atoms with Gasteiger partial charge in [-0.2, -0.15) is 9.97 Å². The van der Waals surface area contributed by atoms with Crippen molar-refractivity contribution >= 4 is 43.7 Å². The molecule has 1 aliphatic rings. The van der Waals surface area contributed by atoms with Gasteiger partial charge < -0.3 is 4.42 Å². The monoisotopic (exact) mass is 604 g/mol. The van der Waals surface area contributed by atoms with Crippen LogP contribution in [0.4, 0.5) is 0 Å². The van der Waals surface area contributed by atoms with E-state index in [0.29, 0.717) is 17.6 Å². The lowest BCUT2D eigenvalue weighted by atomic mass is 9.80. The van der Waals surface area contributed by atoms with Crippen LogP contribution in [0.15, 0.2) is 138 Å². The Morgan fingerprint density at radius 3 is 1.89 bits per heavy atom. The Bertz CT molecular complexity index is 2640. The van der Waals surface area contributed by atoms with Gasteiger partial charge in [0.25, 0.3) is 0 Å². The van der Waals surface area contributed by atoms with Crippen molar-refractivity contribution in [2.24, 2.45) is 0 Å². The van der Waals surface area contributed by atoms with Crippen molar-refractivity contribution in [3.8, 4) is 39.9 Å². The third-order valence-electron chi connectivity index (χ3n) is 9.82. The van der Waals surface area contributed by atoms with Crippen molar-refractivity contribution in [3.05, 3.63) is 145 Å². The summed E-state index contributed by atoms with van der Waals surface area (Å²) < 4.78 is 9.10. The minimum Gasteiger partial charge on any atom is -0.455 e. The fourth-order valence-electron chi connectivity index (χ4n) is 7.79.